The molecule has 3 aromatic rings. The molecule has 0 fully saturated rings. The van der Waals surface area contributed by atoms with E-state index in [4.69, 9.17) is 10.5 Å². The molecule has 1 aliphatic heterocycles. The zero-order chi connectivity index (χ0) is 28.0. The molecule has 4 N–H and O–H groups in total. The third-order valence-corrected chi connectivity index (χ3v) is 6.69. The number of aryl methyl sites for hydroxylation is 1. The van der Waals surface area contributed by atoms with Gasteiger partial charge in [-0.1, -0.05) is 66.7 Å². The fourth-order valence-electron chi connectivity index (χ4n) is 4.79. The fourth-order valence-corrected chi connectivity index (χ4v) is 4.79. The van der Waals surface area contributed by atoms with Gasteiger partial charge in [-0.25, -0.2) is 4.79 Å². The summed E-state index contributed by atoms with van der Waals surface area (Å²) in [5.74, 6) is -0.362. The maximum atomic E-state index is 13.7. The number of fused-ring (bicyclic) bond motifs is 1. The van der Waals surface area contributed by atoms with Crippen molar-refractivity contribution in [3.8, 4) is 11.1 Å². The van der Waals surface area contributed by atoms with E-state index >= 15 is 0 Å². The van der Waals surface area contributed by atoms with E-state index < -0.39 is 17.7 Å². The molecule has 1 heterocycles. The molecular weight excluding hydrogens is 492 g/mol. The molecule has 1 aliphatic rings. The summed E-state index contributed by atoms with van der Waals surface area (Å²) in [6.07, 6.45) is 0.866. The molecule has 39 heavy (non-hydrogen) atoms. The smallest absolute Gasteiger partial charge is 0.407 e. The Balaban J connectivity index is 1.55. The van der Waals surface area contributed by atoms with Gasteiger partial charge >= 0.3 is 6.09 Å². The third kappa shape index (κ3) is 7.23. The zero-order valence-electron chi connectivity index (χ0n) is 22.7. The Bertz CT molecular complexity index is 1330. The molecule has 0 bridgehead atoms. The maximum absolute atomic E-state index is 13.7. The summed E-state index contributed by atoms with van der Waals surface area (Å²) in [5.41, 5.74) is 11.1. The van der Waals surface area contributed by atoms with Crippen molar-refractivity contribution in [1.82, 2.24) is 10.6 Å². The van der Waals surface area contributed by atoms with Gasteiger partial charge in [0.1, 0.15) is 12.6 Å². The number of para-hydroxylation sites is 1. The first-order valence-corrected chi connectivity index (χ1v) is 13.1. The number of amides is 3. The minimum atomic E-state index is -0.657. The molecule has 0 radical (unpaired) electrons. The number of alkyl carbamates (subject to hydrolysis) is 1. The van der Waals surface area contributed by atoms with Crippen molar-refractivity contribution in [2.45, 2.75) is 57.8 Å². The lowest BCUT2D eigenvalue weighted by atomic mass is 9.99. The third-order valence-electron chi connectivity index (χ3n) is 6.69. The van der Waals surface area contributed by atoms with Gasteiger partial charge in [-0.15, -0.1) is 0 Å². The first-order valence-electron chi connectivity index (χ1n) is 13.1. The van der Waals surface area contributed by atoms with Gasteiger partial charge < -0.3 is 26.0 Å². The maximum Gasteiger partial charge on any atom is 0.407 e. The van der Waals surface area contributed by atoms with E-state index in [0.29, 0.717) is 19.4 Å². The Hall–Kier alpha value is -4.17. The number of carbonyl (C=O) groups is 3. The summed E-state index contributed by atoms with van der Waals surface area (Å²) < 4.78 is 5.25. The molecule has 0 saturated heterocycles. The second kappa shape index (κ2) is 12.1. The molecule has 3 aromatic carbocycles. The van der Waals surface area contributed by atoms with Crippen LogP contribution in [0.1, 0.15) is 43.4 Å². The molecule has 0 saturated carbocycles. The molecule has 204 valence electrons. The Morgan fingerprint density at radius 3 is 2.44 bits per heavy atom. The summed E-state index contributed by atoms with van der Waals surface area (Å²) in [4.78, 5) is 39.7. The van der Waals surface area contributed by atoms with Gasteiger partial charge in [-0.2, -0.15) is 0 Å². The van der Waals surface area contributed by atoms with Gasteiger partial charge in [0.25, 0.3) is 0 Å². The van der Waals surface area contributed by atoms with Crippen molar-refractivity contribution in [1.29, 1.82) is 0 Å². The highest BCUT2D eigenvalue weighted by atomic mass is 16.5. The first-order chi connectivity index (χ1) is 18.6. The predicted molar refractivity (Wildman–Crippen MR) is 152 cm³/mol. The molecule has 4 rings (SSSR count). The largest absolute Gasteiger partial charge is 0.445 e. The van der Waals surface area contributed by atoms with Gasteiger partial charge in [0.2, 0.25) is 11.8 Å². The second-order valence-electron chi connectivity index (χ2n) is 10.6. The van der Waals surface area contributed by atoms with Crippen LogP contribution in [0.3, 0.4) is 0 Å². The molecular formula is C31H36N4O4. The van der Waals surface area contributed by atoms with E-state index in [2.05, 4.69) is 10.6 Å². The molecule has 0 aromatic heterocycles. The normalized spacial score (nSPS) is 15.2. The molecule has 8 heteroatoms. The predicted octanol–water partition coefficient (Wildman–Crippen LogP) is 4.30. The number of carbonyl (C=O) groups excluding carboxylic acids is 3. The Morgan fingerprint density at radius 2 is 1.72 bits per heavy atom. The lowest BCUT2D eigenvalue weighted by Gasteiger charge is -2.27. The highest BCUT2D eigenvalue weighted by molar-refractivity contribution is 6.00. The molecule has 8 nitrogen and oxygen atoms in total. The van der Waals surface area contributed by atoms with Gasteiger partial charge in [0, 0.05) is 24.7 Å². The van der Waals surface area contributed by atoms with E-state index in [9.17, 15) is 14.4 Å². The summed E-state index contributed by atoms with van der Waals surface area (Å²) in [6, 6.07) is 23.0. The summed E-state index contributed by atoms with van der Waals surface area (Å²) >= 11 is 0. The van der Waals surface area contributed by atoms with E-state index in [1.165, 1.54) is 7.05 Å². The lowest BCUT2D eigenvalue weighted by molar-refractivity contribution is -0.128. The standard InChI is InChI=1S/C31H36N4O4/c1-31(2,32)18-28(36)34-26-17-16-23-8-5-7-11-27(23)35(29(26)37)19-21-12-14-22(15-13-21)25-10-6-4-9-24(25)20-39-30(38)33-3/h4-15,26H,16-20,32H2,1-3H3,(H,33,38)(H,34,36)/t26-/m1/s1. The first kappa shape index (κ1) is 27.9. The number of hydrogen-bond acceptors (Lipinski definition) is 5. The van der Waals surface area contributed by atoms with Gasteiger partial charge in [0.15, 0.2) is 0 Å². The molecule has 3 amide bonds. The Kier molecular flexibility index (Phi) is 8.66. The van der Waals surface area contributed by atoms with Gasteiger partial charge in [-0.3, -0.25) is 9.59 Å². The van der Waals surface area contributed by atoms with E-state index in [0.717, 1.165) is 33.5 Å². The van der Waals surface area contributed by atoms with Crippen molar-refractivity contribution in [3.05, 3.63) is 89.5 Å². The lowest BCUT2D eigenvalue weighted by Crippen LogP contribution is -2.49. The van der Waals surface area contributed by atoms with Crippen LogP contribution in [-0.4, -0.2) is 36.5 Å². The number of nitrogens with one attached hydrogen (secondary N) is 2. The summed E-state index contributed by atoms with van der Waals surface area (Å²) in [6.45, 7) is 4.11. The number of anilines is 1. The number of hydrogen-bond donors (Lipinski definition) is 3. The second-order valence-corrected chi connectivity index (χ2v) is 10.6. The molecule has 1 atom stereocenters. The van der Waals surface area contributed by atoms with Crippen LogP contribution in [-0.2, 0) is 33.9 Å². The quantitative estimate of drug-likeness (QED) is 0.403. The minimum Gasteiger partial charge on any atom is -0.445 e. The van der Waals surface area contributed by atoms with Crippen molar-refractivity contribution in [2.75, 3.05) is 11.9 Å². The Labute approximate surface area is 229 Å². The van der Waals surface area contributed by atoms with Crippen LogP contribution in [0.2, 0.25) is 0 Å². The van der Waals surface area contributed by atoms with Crippen LogP contribution in [0.4, 0.5) is 10.5 Å². The van der Waals surface area contributed by atoms with Crippen LogP contribution in [0.5, 0.6) is 0 Å². The van der Waals surface area contributed by atoms with Gasteiger partial charge in [-0.05, 0) is 60.6 Å². The van der Waals surface area contributed by atoms with Crippen molar-refractivity contribution in [2.24, 2.45) is 5.73 Å². The number of rotatable bonds is 8. The van der Waals surface area contributed by atoms with E-state index in [1.807, 2.05) is 72.8 Å². The van der Waals surface area contributed by atoms with Crippen molar-refractivity contribution >= 4 is 23.6 Å². The van der Waals surface area contributed by atoms with Gasteiger partial charge in [0.05, 0.1) is 6.54 Å². The monoisotopic (exact) mass is 528 g/mol. The van der Waals surface area contributed by atoms with Crippen LogP contribution < -0.4 is 21.3 Å². The SMILES string of the molecule is CNC(=O)OCc1ccccc1-c1ccc(CN2C(=O)[C@H](NC(=O)CC(C)(C)N)CCc3ccccc32)cc1. The highest BCUT2D eigenvalue weighted by Gasteiger charge is 2.32. The highest BCUT2D eigenvalue weighted by Crippen LogP contribution is 2.30. The van der Waals surface area contributed by atoms with Crippen LogP contribution in [0, 0.1) is 0 Å². The fraction of sp³-hybridized carbons (Fsp3) is 0.323. The number of nitrogens with two attached hydrogens (primary N) is 1. The summed E-state index contributed by atoms with van der Waals surface area (Å²) in [7, 11) is 1.53. The number of nitrogens with zero attached hydrogens (tertiary/aromatic N) is 1. The van der Waals surface area contributed by atoms with E-state index in [1.54, 1.807) is 18.7 Å². The Morgan fingerprint density at radius 1 is 1.03 bits per heavy atom. The van der Waals surface area contributed by atoms with Crippen LogP contribution >= 0.6 is 0 Å². The molecule has 0 aliphatic carbocycles. The molecule has 0 spiro atoms. The van der Waals surface area contributed by atoms with Crippen molar-refractivity contribution in [3.63, 3.8) is 0 Å². The summed E-state index contributed by atoms with van der Waals surface area (Å²) in [5, 5.41) is 5.38. The number of benzene rings is 3. The molecule has 0 unspecified atom stereocenters. The minimum absolute atomic E-state index is 0.135. The average molecular weight is 529 g/mol. The topological polar surface area (TPSA) is 114 Å². The number of ether oxygens (including phenoxy) is 1. The van der Waals surface area contributed by atoms with Crippen molar-refractivity contribution < 1.29 is 19.1 Å². The zero-order valence-corrected chi connectivity index (χ0v) is 22.7. The van der Waals surface area contributed by atoms with Crippen LogP contribution in [0.15, 0.2) is 72.8 Å². The van der Waals surface area contributed by atoms with E-state index in [-0.39, 0.29) is 24.8 Å². The average Bonchev–Trinajstić information content (AvgIpc) is 3.03. The van der Waals surface area contributed by atoms with Crippen LogP contribution in [0.25, 0.3) is 11.1 Å².